The molecule has 0 radical (unpaired) electrons. The highest BCUT2D eigenvalue weighted by Crippen LogP contribution is 2.28. The monoisotopic (exact) mass is 355 g/mol. The van der Waals surface area contributed by atoms with E-state index in [0.717, 1.165) is 12.1 Å². The Hall–Kier alpha value is -2.83. The second-order valence-electron chi connectivity index (χ2n) is 6.82. The number of aryl methyl sites for hydroxylation is 1. The lowest BCUT2D eigenvalue weighted by Gasteiger charge is -2.39. The van der Waals surface area contributed by atoms with Crippen molar-refractivity contribution in [3.8, 4) is 0 Å². The van der Waals surface area contributed by atoms with Crippen molar-refractivity contribution in [3.05, 3.63) is 47.7 Å². The maximum Gasteiger partial charge on any atom is 0.244 e. The SMILES string of the molecule is CC(=O)N[C@H]1CN(C(=O)Cn2nc(C)cc2N)CC[C@H]1c1ccccc1. The summed E-state index contributed by atoms with van der Waals surface area (Å²) in [5.41, 5.74) is 7.85. The maximum atomic E-state index is 12.7. The van der Waals surface area contributed by atoms with Gasteiger partial charge in [0, 0.05) is 32.0 Å². The van der Waals surface area contributed by atoms with E-state index in [1.165, 1.54) is 17.2 Å². The number of nitrogen functional groups attached to an aromatic ring is 1. The van der Waals surface area contributed by atoms with Crippen LogP contribution in [-0.2, 0) is 16.1 Å². The number of hydrogen-bond acceptors (Lipinski definition) is 4. The average Bonchev–Trinajstić information content (AvgIpc) is 2.92. The van der Waals surface area contributed by atoms with Gasteiger partial charge in [-0.3, -0.25) is 9.59 Å². The summed E-state index contributed by atoms with van der Waals surface area (Å²) < 4.78 is 1.52. The fourth-order valence-corrected chi connectivity index (χ4v) is 3.61. The molecule has 0 spiro atoms. The van der Waals surface area contributed by atoms with E-state index in [-0.39, 0.29) is 30.3 Å². The molecule has 2 atom stereocenters. The molecule has 1 aromatic carbocycles. The number of carbonyl (C=O) groups excluding carboxylic acids is 2. The summed E-state index contributed by atoms with van der Waals surface area (Å²) in [5.74, 6) is 0.549. The van der Waals surface area contributed by atoms with E-state index in [0.29, 0.717) is 18.9 Å². The Kier molecular flexibility index (Phi) is 5.25. The van der Waals surface area contributed by atoms with Gasteiger partial charge in [0.25, 0.3) is 0 Å². The molecule has 3 N–H and O–H groups in total. The molecule has 3 rings (SSSR count). The Labute approximate surface area is 153 Å². The van der Waals surface area contributed by atoms with Crippen LogP contribution in [0, 0.1) is 6.92 Å². The lowest BCUT2D eigenvalue weighted by molar-refractivity contribution is -0.134. The van der Waals surface area contributed by atoms with Gasteiger partial charge in [0.05, 0.1) is 11.7 Å². The van der Waals surface area contributed by atoms with E-state index in [9.17, 15) is 9.59 Å². The highest BCUT2D eigenvalue weighted by atomic mass is 16.2. The Morgan fingerprint density at radius 2 is 2.04 bits per heavy atom. The molecular weight excluding hydrogens is 330 g/mol. The molecule has 138 valence electrons. The molecule has 1 aromatic heterocycles. The smallest absolute Gasteiger partial charge is 0.244 e. The van der Waals surface area contributed by atoms with Crippen LogP contribution in [0.1, 0.15) is 30.5 Å². The Balaban J connectivity index is 1.72. The fourth-order valence-electron chi connectivity index (χ4n) is 3.61. The maximum absolute atomic E-state index is 12.7. The van der Waals surface area contributed by atoms with Gasteiger partial charge in [-0.25, -0.2) is 4.68 Å². The van der Waals surface area contributed by atoms with Gasteiger partial charge >= 0.3 is 0 Å². The second kappa shape index (κ2) is 7.59. The zero-order valence-corrected chi connectivity index (χ0v) is 15.2. The number of anilines is 1. The van der Waals surface area contributed by atoms with Gasteiger partial charge in [-0.05, 0) is 18.9 Å². The number of nitrogens with one attached hydrogen (secondary N) is 1. The first kappa shape index (κ1) is 18.0. The molecular formula is C19H25N5O2. The molecule has 26 heavy (non-hydrogen) atoms. The Bertz CT molecular complexity index is 786. The first-order chi connectivity index (χ1) is 12.4. The van der Waals surface area contributed by atoms with E-state index in [2.05, 4.69) is 22.5 Å². The van der Waals surface area contributed by atoms with Gasteiger partial charge in [-0.2, -0.15) is 5.10 Å². The number of amides is 2. The third-order valence-electron chi connectivity index (χ3n) is 4.80. The molecule has 2 heterocycles. The molecule has 2 aromatic rings. The van der Waals surface area contributed by atoms with E-state index < -0.39 is 0 Å². The summed E-state index contributed by atoms with van der Waals surface area (Å²) in [6.07, 6.45) is 0.800. The fraction of sp³-hybridized carbons (Fsp3) is 0.421. The molecule has 0 bridgehead atoms. The van der Waals surface area contributed by atoms with Gasteiger partial charge in [-0.15, -0.1) is 0 Å². The largest absolute Gasteiger partial charge is 0.384 e. The number of piperidine rings is 1. The molecule has 1 aliphatic heterocycles. The van der Waals surface area contributed by atoms with Crippen molar-refractivity contribution in [3.63, 3.8) is 0 Å². The minimum atomic E-state index is -0.107. The Morgan fingerprint density at radius 3 is 2.65 bits per heavy atom. The molecule has 7 heteroatoms. The van der Waals surface area contributed by atoms with Crippen LogP contribution in [0.4, 0.5) is 5.82 Å². The van der Waals surface area contributed by atoms with Gasteiger partial charge in [-0.1, -0.05) is 30.3 Å². The summed E-state index contributed by atoms with van der Waals surface area (Å²) in [4.78, 5) is 26.1. The van der Waals surface area contributed by atoms with Crippen molar-refractivity contribution in [2.24, 2.45) is 0 Å². The number of nitrogens with zero attached hydrogens (tertiary/aromatic N) is 3. The first-order valence-corrected chi connectivity index (χ1v) is 8.84. The van der Waals surface area contributed by atoms with Crippen LogP contribution < -0.4 is 11.1 Å². The zero-order valence-electron chi connectivity index (χ0n) is 15.2. The van der Waals surface area contributed by atoms with Crippen molar-refractivity contribution < 1.29 is 9.59 Å². The number of likely N-dealkylation sites (tertiary alicyclic amines) is 1. The van der Waals surface area contributed by atoms with Crippen LogP contribution >= 0.6 is 0 Å². The van der Waals surface area contributed by atoms with Crippen molar-refractivity contribution >= 4 is 17.6 Å². The van der Waals surface area contributed by atoms with Crippen LogP contribution in [0.3, 0.4) is 0 Å². The summed E-state index contributed by atoms with van der Waals surface area (Å²) in [7, 11) is 0. The number of benzene rings is 1. The van der Waals surface area contributed by atoms with E-state index >= 15 is 0 Å². The number of rotatable bonds is 4. The van der Waals surface area contributed by atoms with Gasteiger partial charge in [0.1, 0.15) is 12.4 Å². The molecule has 1 fully saturated rings. The lowest BCUT2D eigenvalue weighted by Crippen LogP contribution is -2.53. The molecule has 0 aliphatic carbocycles. The molecule has 2 amide bonds. The topological polar surface area (TPSA) is 93.2 Å². The van der Waals surface area contributed by atoms with Crippen LogP contribution in [0.15, 0.2) is 36.4 Å². The highest BCUT2D eigenvalue weighted by Gasteiger charge is 2.33. The van der Waals surface area contributed by atoms with Crippen LogP contribution in [0.2, 0.25) is 0 Å². The van der Waals surface area contributed by atoms with Crippen molar-refractivity contribution in [1.29, 1.82) is 0 Å². The van der Waals surface area contributed by atoms with E-state index in [4.69, 9.17) is 5.73 Å². The third kappa shape index (κ3) is 4.04. The standard InChI is InChI=1S/C19H25N5O2/c1-13-10-18(20)24(22-13)12-19(26)23-9-8-16(15-6-4-3-5-7-15)17(11-23)21-14(2)25/h3-7,10,16-17H,8-9,11-12,20H2,1-2H3,(H,21,25)/t16-,17-/m0/s1. The van der Waals surface area contributed by atoms with Gasteiger partial charge in [0.2, 0.25) is 11.8 Å². The van der Waals surface area contributed by atoms with Crippen molar-refractivity contribution in [2.75, 3.05) is 18.8 Å². The van der Waals surface area contributed by atoms with E-state index in [1.807, 2.05) is 25.1 Å². The normalized spacial score (nSPS) is 20.0. The predicted molar refractivity (Wildman–Crippen MR) is 99.4 cm³/mol. The summed E-state index contributed by atoms with van der Waals surface area (Å²) >= 11 is 0. The average molecular weight is 355 g/mol. The number of nitrogens with two attached hydrogens (primary N) is 1. The minimum Gasteiger partial charge on any atom is -0.384 e. The first-order valence-electron chi connectivity index (χ1n) is 8.84. The molecule has 1 saturated heterocycles. The third-order valence-corrected chi connectivity index (χ3v) is 4.80. The van der Waals surface area contributed by atoms with Gasteiger partial charge < -0.3 is 16.0 Å². The van der Waals surface area contributed by atoms with Gasteiger partial charge in [0.15, 0.2) is 0 Å². The summed E-state index contributed by atoms with van der Waals surface area (Å²) in [6.45, 7) is 4.60. The quantitative estimate of drug-likeness (QED) is 0.864. The Morgan fingerprint density at radius 1 is 1.31 bits per heavy atom. The molecule has 7 nitrogen and oxygen atoms in total. The molecule has 1 aliphatic rings. The number of carbonyl (C=O) groups is 2. The zero-order chi connectivity index (χ0) is 18.7. The van der Waals surface area contributed by atoms with Crippen LogP contribution in [0.5, 0.6) is 0 Å². The van der Waals surface area contributed by atoms with Crippen LogP contribution in [-0.4, -0.2) is 45.6 Å². The lowest BCUT2D eigenvalue weighted by atomic mass is 9.85. The van der Waals surface area contributed by atoms with E-state index in [1.54, 1.807) is 11.0 Å². The van der Waals surface area contributed by atoms with Crippen molar-refractivity contribution in [1.82, 2.24) is 20.0 Å². The molecule has 0 saturated carbocycles. The minimum absolute atomic E-state index is 0.0401. The predicted octanol–water partition coefficient (Wildman–Crippen LogP) is 1.29. The summed E-state index contributed by atoms with van der Waals surface area (Å²) in [6, 6.07) is 11.8. The highest BCUT2D eigenvalue weighted by molar-refractivity contribution is 5.77. The molecule has 0 unspecified atom stereocenters. The number of hydrogen-bond donors (Lipinski definition) is 2. The van der Waals surface area contributed by atoms with Crippen molar-refractivity contribution in [2.45, 2.75) is 38.8 Å². The van der Waals surface area contributed by atoms with Crippen LogP contribution in [0.25, 0.3) is 0 Å². The number of aromatic nitrogens is 2. The summed E-state index contributed by atoms with van der Waals surface area (Å²) in [5, 5.41) is 7.26. The second-order valence-corrected chi connectivity index (χ2v) is 6.82.